The van der Waals surface area contributed by atoms with Gasteiger partial charge in [0, 0.05) is 48.1 Å². The molecule has 2 heterocycles. The number of amides is 1. The van der Waals surface area contributed by atoms with Gasteiger partial charge in [-0.05, 0) is 54.8 Å². The Labute approximate surface area is 205 Å². The molecule has 1 fully saturated rings. The van der Waals surface area contributed by atoms with Gasteiger partial charge in [-0.3, -0.25) is 9.59 Å². The quantitative estimate of drug-likeness (QED) is 0.484. The first kappa shape index (κ1) is 23.3. The number of benzene rings is 2. The molecule has 7 nitrogen and oxygen atoms in total. The number of hydrogen-bond donors (Lipinski definition) is 2. The fourth-order valence-corrected chi connectivity index (χ4v) is 4.96. The van der Waals surface area contributed by atoms with E-state index in [-0.39, 0.29) is 17.7 Å². The zero-order valence-electron chi connectivity index (χ0n) is 20.9. The summed E-state index contributed by atoms with van der Waals surface area (Å²) in [5.74, 6) is -0.191. The third-order valence-electron chi connectivity index (χ3n) is 6.87. The molecule has 2 N–H and O–H groups in total. The zero-order chi connectivity index (χ0) is 25.2. The normalized spacial score (nSPS) is 17.4. The molecule has 2 aliphatic rings. The Morgan fingerprint density at radius 2 is 1.74 bits per heavy atom. The number of carbonyl (C=O) groups excluding carboxylic acids is 1. The van der Waals surface area contributed by atoms with Gasteiger partial charge in [0.1, 0.15) is 0 Å². The van der Waals surface area contributed by atoms with Gasteiger partial charge < -0.3 is 24.5 Å². The average molecular weight is 477 g/mol. The second kappa shape index (κ2) is 7.77. The highest BCUT2D eigenvalue weighted by Crippen LogP contribution is 2.52. The predicted octanol–water partition coefficient (Wildman–Crippen LogP) is 5.59. The van der Waals surface area contributed by atoms with E-state index >= 15 is 0 Å². The van der Waals surface area contributed by atoms with Gasteiger partial charge in [0.05, 0.1) is 11.8 Å². The lowest BCUT2D eigenvalue weighted by atomic mass is 9.92. The number of fused-ring (bicyclic) bond motifs is 2. The molecule has 1 aliphatic heterocycles. The summed E-state index contributed by atoms with van der Waals surface area (Å²) in [6.07, 6.45) is 1.62. The van der Waals surface area contributed by atoms with Crippen molar-refractivity contribution in [1.29, 1.82) is 0 Å². The molecule has 0 atom stereocenters. The summed E-state index contributed by atoms with van der Waals surface area (Å²) in [6.45, 7) is 10.5. The molecule has 2 aromatic carbocycles. The molecule has 1 aliphatic carbocycles. The number of nitrogens with zero attached hydrogens (tertiary/aromatic N) is 1. The van der Waals surface area contributed by atoms with E-state index in [1.165, 1.54) is 0 Å². The van der Waals surface area contributed by atoms with Gasteiger partial charge in [0.25, 0.3) is 0 Å². The smallest absolute Gasteiger partial charge is 0.305 e. The van der Waals surface area contributed by atoms with Crippen molar-refractivity contribution >= 4 is 28.5 Å². The van der Waals surface area contributed by atoms with Crippen molar-refractivity contribution in [3.8, 4) is 11.5 Å². The molecule has 0 bridgehead atoms. The number of ether oxygens (including phenoxy) is 2. The third kappa shape index (κ3) is 4.24. The molecule has 1 saturated carbocycles. The van der Waals surface area contributed by atoms with Crippen LogP contribution in [0.5, 0.6) is 11.5 Å². The molecule has 7 heteroatoms. The lowest BCUT2D eigenvalue weighted by Gasteiger charge is -2.21. The van der Waals surface area contributed by atoms with E-state index < -0.39 is 17.2 Å². The van der Waals surface area contributed by atoms with Crippen LogP contribution >= 0.6 is 0 Å². The minimum Gasteiger partial charge on any atom is -0.481 e. The lowest BCUT2D eigenvalue weighted by molar-refractivity contribution is -0.137. The van der Waals surface area contributed by atoms with Crippen molar-refractivity contribution in [2.24, 2.45) is 0 Å². The van der Waals surface area contributed by atoms with Crippen molar-refractivity contribution in [2.75, 3.05) is 5.32 Å². The fourth-order valence-electron chi connectivity index (χ4n) is 4.96. The highest BCUT2D eigenvalue weighted by Gasteiger charge is 2.52. The summed E-state index contributed by atoms with van der Waals surface area (Å²) >= 11 is 0. The molecule has 3 aromatic rings. The van der Waals surface area contributed by atoms with Crippen LogP contribution in [-0.2, 0) is 27.0 Å². The van der Waals surface area contributed by atoms with Crippen LogP contribution < -0.4 is 14.8 Å². The van der Waals surface area contributed by atoms with Crippen LogP contribution in [0.15, 0.2) is 42.5 Å². The average Bonchev–Trinajstić information content (AvgIpc) is 3.39. The van der Waals surface area contributed by atoms with Crippen LogP contribution in [0.4, 0.5) is 5.69 Å². The van der Waals surface area contributed by atoms with Crippen LogP contribution in [-0.4, -0.2) is 27.3 Å². The second-order valence-corrected chi connectivity index (χ2v) is 11.2. The summed E-state index contributed by atoms with van der Waals surface area (Å²) < 4.78 is 13.7. The van der Waals surface area contributed by atoms with Gasteiger partial charge in [-0.25, -0.2) is 0 Å². The standard InChI is InChI=1S/C28H32N2O5/c1-26(2,3)23-15-17-14-19(7-8-20(17)30(23)13-10-24(31)32)29-25(33)28(11-12-28)18-6-9-21-22(16-18)35-27(4,5)34-21/h6-9,14-16H,10-13H2,1-5H3,(H,29,33)(H,31,32). The number of aliphatic carboxylic acids is 1. The molecular formula is C28H32N2O5. The Morgan fingerprint density at radius 1 is 1.03 bits per heavy atom. The van der Waals surface area contributed by atoms with Gasteiger partial charge in [0.2, 0.25) is 11.7 Å². The number of hydrogen-bond acceptors (Lipinski definition) is 4. The Bertz CT molecular complexity index is 1340. The Kier molecular flexibility index (Phi) is 5.16. The van der Waals surface area contributed by atoms with Crippen LogP contribution in [0.3, 0.4) is 0 Å². The van der Waals surface area contributed by atoms with Crippen molar-refractivity contribution in [2.45, 2.75) is 77.0 Å². The summed E-state index contributed by atoms with van der Waals surface area (Å²) in [7, 11) is 0. The van der Waals surface area contributed by atoms with E-state index in [2.05, 4.69) is 36.7 Å². The molecule has 35 heavy (non-hydrogen) atoms. The number of aromatic nitrogens is 1. The van der Waals surface area contributed by atoms with E-state index in [1.807, 2.05) is 50.2 Å². The Balaban J connectivity index is 1.41. The SMILES string of the molecule is CC1(C)Oc2ccc(C3(C(=O)Nc4ccc5c(c4)cc(C(C)(C)C)n5CCC(=O)O)CC3)cc2O1. The van der Waals surface area contributed by atoms with E-state index in [0.717, 1.165) is 40.7 Å². The van der Waals surface area contributed by atoms with Gasteiger partial charge in [-0.1, -0.05) is 26.8 Å². The van der Waals surface area contributed by atoms with E-state index in [0.29, 0.717) is 18.0 Å². The van der Waals surface area contributed by atoms with E-state index in [1.54, 1.807) is 0 Å². The molecule has 1 amide bonds. The Hall–Kier alpha value is -3.48. The number of aryl methyl sites for hydroxylation is 1. The number of carboxylic acid groups (broad SMARTS) is 1. The minimum atomic E-state index is -0.822. The Morgan fingerprint density at radius 3 is 2.40 bits per heavy atom. The molecule has 0 spiro atoms. The summed E-state index contributed by atoms with van der Waals surface area (Å²) in [5, 5.41) is 13.3. The minimum absolute atomic E-state index is 0.0312. The molecule has 184 valence electrons. The summed E-state index contributed by atoms with van der Waals surface area (Å²) in [4.78, 5) is 24.6. The largest absolute Gasteiger partial charge is 0.481 e. The first-order chi connectivity index (χ1) is 16.4. The molecule has 0 saturated heterocycles. The molecular weight excluding hydrogens is 444 g/mol. The molecule has 0 radical (unpaired) electrons. The second-order valence-electron chi connectivity index (χ2n) is 11.2. The van der Waals surface area contributed by atoms with E-state index in [4.69, 9.17) is 9.47 Å². The highest BCUT2D eigenvalue weighted by molar-refractivity contribution is 6.02. The number of rotatable bonds is 6. The number of nitrogens with one attached hydrogen (secondary N) is 1. The fraction of sp³-hybridized carbons (Fsp3) is 0.429. The third-order valence-corrected chi connectivity index (χ3v) is 6.87. The molecule has 1 aromatic heterocycles. The van der Waals surface area contributed by atoms with Crippen molar-refractivity contribution in [3.05, 3.63) is 53.7 Å². The van der Waals surface area contributed by atoms with Crippen LogP contribution in [0, 0.1) is 0 Å². The van der Waals surface area contributed by atoms with Crippen LogP contribution in [0.25, 0.3) is 10.9 Å². The summed E-state index contributed by atoms with van der Waals surface area (Å²) in [5.41, 5.74) is 2.99. The zero-order valence-corrected chi connectivity index (χ0v) is 20.9. The monoisotopic (exact) mass is 476 g/mol. The highest BCUT2D eigenvalue weighted by atomic mass is 16.7. The predicted molar refractivity (Wildman–Crippen MR) is 134 cm³/mol. The maximum Gasteiger partial charge on any atom is 0.305 e. The molecule has 0 unspecified atom stereocenters. The van der Waals surface area contributed by atoms with Gasteiger partial charge >= 0.3 is 5.97 Å². The maximum atomic E-state index is 13.4. The number of anilines is 1. The first-order valence-corrected chi connectivity index (χ1v) is 12.1. The molecule has 5 rings (SSSR count). The van der Waals surface area contributed by atoms with Gasteiger partial charge in [-0.15, -0.1) is 0 Å². The van der Waals surface area contributed by atoms with Crippen LogP contribution in [0.1, 0.15) is 65.1 Å². The van der Waals surface area contributed by atoms with Crippen molar-refractivity contribution in [3.63, 3.8) is 0 Å². The van der Waals surface area contributed by atoms with Crippen molar-refractivity contribution in [1.82, 2.24) is 4.57 Å². The lowest BCUT2D eigenvalue weighted by Crippen LogP contribution is -2.29. The maximum absolute atomic E-state index is 13.4. The topological polar surface area (TPSA) is 89.8 Å². The van der Waals surface area contributed by atoms with Gasteiger partial charge in [-0.2, -0.15) is 0 Å². The first-order valence-electron chi connectivity index (χ1n) is 12.1. The van der Waals surface area contributed by atoms with Crippen molar-refractivity contribution < 1.29 is 24.2 Å². The number of carbonyl (C=O) groups is 2. The number of carboxylic acids is 1. The van der Waals surface area contributed by atoms with E-state index in [9.17, 15) is 14.7 Å². The van der Waals surface area contributed by atoms with Crippen LogP contribution in [0.2, 0.25) is 0 Å². The summed E-state index contributed by atoms with van der Waals surface area (Å²) in [6, 6.07) is 13.7. The van der Waals surface area contributed by atoms with Gasteiger partial charge in [0.15, 0.2) is 11.5 Å².